The highest BCUT2D eigenvalue weighted by Gasteiger charge is 2.37. The Balaban J connectivity index is 1.98. The van der Waals surface area contributed by atoms with Gasteiger partial charge in [-0.15, -0.1) is 0 Å². The second-order valence-corrected chi connectivity index (χ2v) is 9.02. The lowest BCUT2D eigenvalue weighted by atomic mass is 9.62. The quantitative estimate of drug-likeness (QED) is 0.765. The molecule has 1 atom stereocenters. The fourth-order valence-corrected chi connectivity index (χ4v) is 4.17. The lowest BCUT2D eigenvalue weighted by molar-refractivity contribution is -0.138. The molecule has 0 amide bonds. The van der Waals surface area contributed by atoms with Gasteiger partial charge in [0.25, 0.3) is 0 Å². The van der Waals surface area contributed by atoms with Crippen LogP contribution in [-0.4, -0.2) is 18.2 Å². The van der Waals surface area contributed by atoms with Crippen LogP contribution in [0.2, 0.25) is 0 Å². The molecule has 0 unspecified atom stereocenters. The van der Waals surface area contributed by atoms with Crippen molar-refractivity contribution in [2.45, 2.75) is 63.7 Å². The van der Waals surface area contributed by atoms with E-state index in [0.717, 1.165) is 29.7 Å². The maximum Gasteiger partial charge on any atom is 0.311 e. The number of aliphatic carboxylic acids is 1. The molecule has 3 rings (SSSR count). The van der Waals surface area contributed by atoms with Crippen molar-refractivity contribution in [3.63, 3.8) is 0 Å². The Morgan fingerprint density at radius 1 is 1.00 bits per heavy atom. The minimum Gasteiger partial charge on any atom is -0.497 e. The third-order valence-electron chi connectivity index (χ3n) is 6.18. The van der Waals surface area contributed by atoms with E-state index in [9.17, 15) is 9.90 Å². The molecule has 1 aliphatic carbocycles. The van der Waals surface area contributed by atoms with Gasteiger partial charge < -0.3 is 9.84 Å². The van der Waals surface area contributed by atoms with E-state index in [0.29, 0.717) is 6.42 Å². The molecule has 3 heteroatoms. The first-order valence-electron chi connectivity index (χ1n) is 9.65. The molecule has 0 bridgehead atoms. The van der Waals surface area contributed by atoms with Crippen LogP contribution in [0.15, 0.2) is 42.5 Å². The second-order valence-electron chi connectivity index (χ2n) is 9.02. The summed E-state index contributed by atoms with van der Waals surface area (Å²) in [6.07, 6.45) is 2.75. The number of hydrogen-bond acceptors (Lipinski definition) is 2. The Labute approximate surface area is 162 Å². The van der Waals surface area contributed by atoms with Crippen molar-refractivity contribution in [2.75, 3.05) is 7.11 Å². The van der Waals surface area contributed by atoms with E-state index in [2.05, 4.69) is 39.8 Å². The molecule has 2 aromatic rings. The van der Waals surface area contributed by atoms with Crippen LogP contribution in [0, 0.1) is 0 Å². The van der Waals surface area contributed by atoms with Crippen molar-refractivity contribution in [1.29, 1.82) is 0 Å². The Kier molecular flexibility index (Phi) is 5.07. The van der Waals surface area contributed by atoms with Crippen LogP contribution >= 0.6 is 0 Å². The lowest BCUT2D eigenvalue weighted by Crippen LogP contribution is -2.34. The van der Waals surface area contributed by atoms with E-state index in [4.69, 9.17) is 4.74 Å². The van der Waals surface area contributed by atoms with Gasteiger partial charge in [-0.05, 0) is 64.5 Å². The van der Waals surface area contributed by atoms with Gasteiger partial charge >= 0.3 is 5.97 Å². The zero-order valence-corrected chi connectivity index (χ0v) is 17.0. The molecule has 0 saturated carbocycles. The molecule has 3 nitrogen and oxygen atoms in total. The van der Waals surface area contributed by atoms with E-state index in [1.807, 2.05) is 30.3 Å². The van der Waals surface area contributed by atoms with Gasteiger partial charge in [0, 0.05) is 0 Å². The standard InChI is InChI=1S/C24H30O3/c1-23(2)12-13-24(3,4)21-15-17(8-11-20(21)23)19(22(25)26)14-16-6-9-18(27-5)10-7-16/h6-11,15,19H,12-14H2,1-5H3,(H,25,26)/t19-/m0/s1. The summed E-state index contributed by atoms with van der Waals surface area (Å²) >= 11 is 0. The molecular weight excluding hydrogens is 336 g/mol. The largest absolute Gasteiger partial charge is 0.497 e. The molecular formula is C24H30O3. The monoisotopic (exact) mass is 366 g/mol. The summed E-state index contributed by atoms with van der Waals surface area (Å²) in [6.45, 7) is 9.10. The number of carboxylic acid groups (broad SMARTS) is 1. The first-order valence-corrected chi connectivity index (χ1v) is 9.65. The first kappa shape index (κ1) is 19.5. The highest BCUT2D eigenvalue weighted by molar-refractivity contribution is 5.77. The number of methoxy groups -OCH3 is 1. The predicted octanol–water partition coefficient (Wildman–Crippen LogP) is 5.46. The molecule has 1 aliphatic rings. The van der Waals surface area contributed by atoms with Crippen molar-refractivity contribution in [3.05, 3.63) is 64.7 Å². The number of ether oxygens (including phenoxy) is 1. The normalized spacial score (nSPS) is 18.4. The molecule has 1 N–H and O–H groups in total. The topological polar surface area (TPSA) is 46.5 Å². The smallest absolute Gasteiger partial charge is 0.311 e. The van der Waals surface area contributed by atoms with Crippen LogP contribution in [0.4, 0.5) is 0 Å². The van der Waals surface area contributed by atoms with Gasteiger partial charge in [0.05, 0.1) is 13.0 Å². The SMILES string of the molecule is COc1ccc(C[C@H](C(=O)O)c2ccc3c(c2)C(C)(C)CCC3(C)C)cc1. The summed E-state index contributed by atoms with van der Waals surface area (Å²) in [5.41, 5.74) is 4.76. The molecule has 27 heavy (non-hydrogen) atoms. The van der Waals surface area contributed by atoms with Crippen LogP contribution in [0.1, 0.15) is 68.7 Å². The van der Waals surface area contributed by atoms with Crippen molar-refractivity contribution < 1.29 is 14.6 Å². The number of carboxylic acids is 1. The summed E-state index contributed by atoms with van der Waals surface area (Å²) in [7, 11) is 1.63. The zero-order valence-electron chi connectivity index (χ0n) is 17.0. The van der Waals surface area contributed by atoms with Gasteiger partial charge in [-0.2, -0.15) is 0 Å². The van der Waals surface area contributed by atoms with E-state index in [1.54, 1.807) is 7.11 Å². The Hall–Kier alpha value is -2.29. The van der Waals surface area contributed by atoms with Gasteiger partial charge in [-0.25, -0.2) is 0 Å². The lowest BCUT2D eigenvalue weighted by Gasteiger charge is -2.42. The zero-order chi connectivity index (χ0) is 19.8. The minimum absolute atomic E-state index is 0.0734. The molecule has 0 spiro atoms. The third-order valence-corrected chi connectivity index (χ3v) is 6.18. The van der Waals surface area contributed by atoms with Crippen LogP contribution in [0.5, 0.6) is 5.75 Å². The fourth-order valence-electron chi connectivity index (χ4n) is 4.17. The molecule has 0 heterocycles. The number of benzene rings is 2. The molecule has 0 fully saturated rings. The highest BCUT2D eigenvalue weighted by Crippen LogP contribution is 2.46. The van der Waals surface area contributed by atoms with Crippen LogP contribution < -0.4 is 4.74 Å². The number of rotatable bonds is 5. The third kappa shape index (κ3) is 3.87. The second kappa shape index (κ2) is 7.03. The number of fused-ring (bicyclic) bond motifs is 1. The van der Waals surface area contributed by atoms with E-state index in [1.165, 1.54) is 11.1 Å². The Morgan fingerprint density at radius 2 is 1.59 bits per heavy atom. The van der Waals surface area contributed by atoms with E-state index >= 15 is 0 Å². The molecule has 0 aromatic heterocycles. The molecule has 0 saturated heterocycles. The molecule has 0 aliphatic heterocycles. The van der Waals surface area contributed by atoms with Crippen molar-refractivity contribution in [3.8, 4) is 5.75 Å². The summed E-state index contributed by atoms with van der Waals surface area (Å²) in [4.78, 5) is 12.1. The van der Waals surface area contributed by atoms with Crippen molar-refractivity contribution in [1.82, 2.24) is 0 Å². The Bertz CT molecular complexity index is 831. The number of carbonyl (C=O) groups is 1. The van der Waals surface area contributed by atoms with E-state index in [-0.39, 0.29) is 10.8 Å². The maximum absolute atomic E-state index is 12.1. The van der Waals surface area contributed by atoms with Gasteiger partial charge in [-0.1, -0.05) is 58.0 Å². The number of hydrogen-bond donors (Lipinski definition) is 1. The van der Waals surface area contributed by atoms with Gasteiger partial charge in [0.1, 0.15) is 5.75 Å². The summed E-state index contributed by atoms with van der Waals surface area (Å²) in [5, 5.41) is 9.90. The molecule has 2 aromatic carbocycles. The van der Waals surface area contributed by atoms with Crippen LogP contribution in [-0.2, 0) is 22.0 Å². The van der Waals surface area contributed by atoms with Gasteiger partial charge in [0.15, 0.2) is 0 Å². The maximum atomic E-state index is 12.1. The first-order chi connectivity index (χ1) is 12.6. The summed E-state index contributed by atoms with van der Waals surface area (Å²) in [5.74, 6) is -0.549. The van der Waals surface area contributed by atoms with Crippen molar-refractivity contribution >= 4 is 5.97 Å². The van der Waals surface area contributed by atoms with Crippen LogP contribution in [0.25, 0.3) is 0 Å². The average molecular weight is 367 g/mol. The summed E-state index contributed by atoms with van der Waals surface area (Å²) < 4.78 is 5.19. The molecule has 0 radical (unpaired) electrons. The predicted molar refractivity (Wildman–Crippen MR) is 109 cm³/mol. The van der Waals surface area contributed by atoms with Crippen molar-refractivity contribution in [2.24, 2.45) is 0 Å². The summed E-state index contributed by atoms with van der Waals surface area (Å²) in [6, 6.07) is 14.0. The Morgan fingerprint density at radius 3 is 2.15 bits per heavy atom. The average Bonchev–Trinajstić information content (AvgIpc) is 2.63. The molecule has 144 valence electrons. The van der Waals surface area contributed by atoms with Gasteiger partial charge in [-0.3, -0.25) is 4.79 Å². The van der Waals surface area contributed by atoms with Crippen LogP contribution in [0.3, 0.4) is 0 Å². The fraction of sp³-hybridized carbons (Fsp3) is 0.458. The minimum atomic E-state index is -0.779. The highest BCUT2D eigenvalue weighted by atomic mass is 16.5. The van der Waals surface area contributed by atoms with Gasteiger partial charge in [0.2, 0.25) is 0 Å². The van der Waals surface area contributed by atoms with E-state index < -0.39 is 11.9 Å².